The number of hydrogen-bond donors (Lipinski definition) is 1. The van der Waals surface area contributed by atoms with Gasteiger partial charge in [0.2, 0.25) is 0 Å². The number of nitrogen functional groups attached to an aromatic ring is 1. The third-order valence-corrected chi connectivity index (χ3v) is 3.96. The van der Waals surface area contributed by atoms with Crippen molar-refractivity contribution in [2.24, 2.45) is 7.05 Å². The van der Waals surface area contributed by atoms with Crippen molar-refractivity contribution in [3.8, 4) is 11.6 Å². The van der Waals surface area contributed by atoms with E-state index in [2.05, 4.69) is 21.6 Å². The standard InChI is InChI=1S/C17H15FN6O/c1-3-6-25-13-8-12-10(7-11(13)18)4-5-24(12)17-14-15(19)20-9-21-16(14)23(2)22-17/h3-5,7-9H,1,6H2,2H3,(H2,19,20,21). The second-order valence-electron chi connectivity index (χ2n) is 5.53. The highest BCUT2D eigenvalue weighted by Crippen LogP contribution is 2.31. The number of rotatable bonds is 4. The number of nitrogens with two attached hydrogens (primary N) is 1. The molecule has 0 amide bonds. The van der Waals surface area contributed by atoms with Crippen LogP contribution in [0.3, 0.4) is 0 Å². The minimum absolute atomic E-state index is 0.150. The summed E-state index contributed by atoms with van der Waals surface area (Å²) in [5, 5.41) is 5.86. The van der Waals surface area contributed by atoms with E-state index < -0.39 is 5.82 Å². The van der Waals surface area contributed by atoms with Gasteiger partial charge in [0, 0.05) is 24.7 Å². The Morgan fingerprint density at radius 2 is 2.20 bits per heavy atom. The number of fused-ring (bicyclic) bond motifs is 2. The van der Waals surface area contributed by atoms with E-state index in [1.165, 1.54) is 12.4 Å². The Hall–Kier alpha value is -3.42. The summed E-state index contributed by atoms with van der Waals surface area (Å²) in [6, 6.07) is 4.86. The quantitative estimate of drug-likeness (QED) is 0.578. The van der Waals surface area contributed by atoms with Gasteiger partial charge < -0.3 is 10.5 Å². The zero-order valence-electron chi connectivity index (χ0n) is 13.5. The molecule has 0 spiro atoms. The summed E-state index contributed by atoms with van der Waals surface area (Å²) < 4.78 is 23.0. The first kappa shape index (κ1) is 15.1. The van der Waals surface area contributed by atoms with Crippen LogP contribution in [0.1, 0.15) is 0 Å². The first-order valence-electron chi connectivity index (χ1n) is 7.58. The molecule has 2 N–H and O–H groups in total. The molecule has 25 heavy (non-hydrogen) atoms. The van der Waals surface area contributed by atoms with Crippen LogP contribution >= 0.6 is 0 Å². The van der Waals surface area contributed by atoms with Gasteiger partial charge in [0.1, 0.15) is 24.1 Å². The molecule has 4 rings (SSSR count). The lowest BCUT2D eigenvalue weighted by Crippen LogP contribution is -1.99. The molecule has 0 aliphatic heterocycles. The van der Waals surface area contributed by atoms with Crippen molar-refractivity contribution in [2.75, 3.05) is 12.3 Å². The van der Waals surface area contributed by atoms with Gasteiger partial charge in [0.15, 0.2) is 23.0 Å². The summed E-state index contributed by atoms with van der Waals surface area (Å²) in [6.45, 7) is 3.79. The number of anilines is 1. The summed E-state index contributed by atoms with van der Waals surface area (Å²) in [5.74, 6) is 0.629. The van der Waals surface area contributed by atoms with E-state index in [0.29, 0.717) is 22.7 Å². The predicted octanol–water partition coefficient (Wildman–Crippen LogP) is 2.59. The minimum atomic E-state index is -0.430. The van der Waals surface area contributed by atoms with Crippen LogP contribution in [0.4, 0.5) is 10.2 Å². The summed E-state index contributed by atoms with van der Waals surface area (Å²) in [6.07, 6.45) is 4.76. The van der Waals surface area contributed by atoms with Gasteiger partial charge in [-0.15, -0.1) is 0 Å². The number of aryl methyl sites for hydroxylation is 1. The fourth-order valence-electron chi connectivity index (χ4n) is 2.84. The van der Waals surface area contributed by atoms with Gasteiger partial charge in [0.25, 0.3) is 0 Å². The van der Waals surface area contributed by atoms with Crippen LogP contribution in [0.25, 0.3) is 27.8 Å². The molecule has 0 radical (unpaired) electrons. The Morgan fingerprint density at radius 1 is 1.36 bits per heavy atom. The zero-order valence-corrected chi connectivity index (χ0v) is 13.5. The topological polar surface area (TPSA) is 83.8 Å². The second kappa shape index (κ2) is 5.59. The largest absolute Gasteiger partial charge is 0.486 e. The molecule has 126 valence electrons. The molecule has 0 atom stereocenters. The molecule has 0 aliphatic rings. The molecule has 0 fully saturated rings. The first-order chi connectivity index (χ1) is 12.1. The molecule has 4 aromatic rings. The third kappa shape index (κ3) is 2.30. The number of benzene rings is 1. The molecule has 0 saturated heterocycles. The van der Waals surface area contributed by atoms with Crippen LogP contribution in [0.2, 0.25) is 0 Å². The average Bonchev–Trinajstić information content (AvgIpc) is 3.14. The maximum atomic E-state index is 14.1. The molecule has 0 aliphatic carbocycles. The SMILES string of the molecule is C=CCOc1cc2c(ccn2-c2nn(C)c3ncnc(N)c23)cc1F. The number of nitrogens with zero attached hydrogens (tertiary/aromatic N) is 5. The molecule has 0 bridgehead atoms. The van der Waals surface area contributed by atoms with Crippen molar-refractivity contribution >= 4 is 27.8 Å². The van der Waals surface area contributed by atoms with Gasteiger partial charge in [-0.3, -0.25) is 4.57 Å². The van der Waals surface area contributed by atoms with Crippen molar-refractivity contribution in [3.05, 3.63) is 49.2 Å². The van der Waals surface area contributed by atoms with Gasteiger partial charge in [-0.05, 0) is 12.1 Å². The Kier molecular flexibility index (Phi) is 3.38. The van der Waals surface area contributed by atoms with Crippen LogP contribution in [-0.2, 0) is 7.05 Å². The Morgan fingerprint density at radius 3 is 3.00 bits per heavy atom. The van der Waals surface area contributed by atoms with Gasteiger partial charge >= 0.3 is 0 Å². The fourth-order valence-corrected chi connectivity index (χ4v) is 2.84. The van der Waals surface area contributed by atoms with E-state index in [-0.39, 0.29) is 12.4 Å². The number of halogens is 1. The molecular weight excluding hydrogens is 323 g/mol. The minimum Gasteiger partial charge on any atom is -0.486 e. The highest BCUT2D eigenvalue weighted by atomic mass is 19.1. The first-order valence-corrected chi connectivity index (χ1v) is 7.58. The summed E-state index contributed by atoms with van der Waals surface area (Å²) >= 11 is 0. The molecule has 8 heteroatoms. The van der Waals surface area contributed by atoms with Gasteiger partial charge in [-0.1, -0.05) is 12.7 Å². The predicted molar refractivity (Wildman–Crippen MR) is 93.2 cm³/mol. The zero-order chi connectivity index (χ0) is 17.6. The second-order valence-corrected chi connectivity index (χ2v) is 5.53. The Labute approximate surface area is 142 Å². The highest BCUT2D eigenvalue weighted by molar-refractivity contribution is 5.94. The number of aromatic nitrogens is 5. The van der Waals surface area contributed by atoms with Crippen molar-refractivity contribution in [3.63, 3.8) is 0 Å². The monoisotopic (exact) mass is 338 g/mol. The lowest BCUT2D eigenvalue weighted by Gasteiger charge is -2.07. The molecule has 3 heterocycles. The van der Waals surface area contributed by atoms with Gasteiger partial charge in [-0.2, -0.15) is 5.10 Å². The molecule has 1 aromatic carbocycles. The molecular formula is C17H15FN6O. The van der Waals surface area contributed by atoms with Crippen molar-refractivity contribution in [1.82, 2.24) is 24.3 Å². The van der Waals surface area contributed by atoms with Crippen LogP contribution in [-0.4, -0.2) is 30.9 Å². The molecule has 7 nitrogen and oxygen atoms in total. The van der Waals surface area contributed by atoms with E-state index >= 15 is 0 Å². The summed E-state index contributed by atoms with van der Waals surface area (Å²) in [4.78, 5) is 8.27. The normalized spacial score (nSPS) is 11.3. The van der Waals surface area contributed by atoms with Crippen molar-refractivity contribution in [2.45, 2.75) is 0 Å². The van der Waals surface area contributed by atoms with Crippen LogP contribution in [0.15, 0.2) is 43.4 Å². The Bertz CT molecular complexity index is 1110. The van der Waals surface area contributed by atoms with Crippen LogP contribution in [0.5, 0.6) is 5.75 Å². The lowest BCUT2D eigenvalue weighted by molar-refractivity contribution is 0.342. The third-order valence-electron chi connectivity index (χ3n) is 3.96. The maximum absolute atomic E-state index is 14.1. The van der Waals surface area contributed by atoms with Crippen molar-refractivity contribution < 1.29 is 9.13 Å². The van der Waals surface area contributed by atoms with E-state index in [9.17, 15) is 4.39 Å². The van der Waals surface area contributed by atoms with Crippen LogP contribution in [0, 0.1) is 5.82 Å². The van der Waals surface area contributed by atoms with E-state index in [0.717, 1.165) is 10.9 Å². The molecule has 3 aromatic heterocycles. The van der Waals surface area contributed by atoms with Crippen molar-refractivity contribution in [1.29, 1.82) is 0 Å². The van der Waals surface area contributed by atoms with E-state index in [1.54, 1.807) is 36.1 Å². The highest BCUT2D eigenvalue weighted by Gasteiger charge is 2.18. The number of ether oxygens (including phenoxy) is 1. The van der Waals surface area contributed by atoms with Gasteiger partial charge in [-0.25, -0.2) is 19.0 Å². The summed E-state index contributed by atoms with van der Waals surface area (Å²) in [5.41, 5.74) is 7.39. The van der Waals surface area contributed by atoms with E-state index in [1.807, 2.05) is 4.57 Å². The number of hydrogen-bond acceptors (Lipinski definition) is 5. The summed E-state index contributed by atoms with van der Waals surface area (Å²) in [7, 11) is 1.78. The lowest BCUT2D eigenvalue weighted by atomic mass is 10.2. The Balaban J connectivity index is 1.97. The van der Waals surface area contributed by atoms with Crippen LogP contribution < -0.4 is 10.5 Å². The van der Waals surface area contributed by atoms with Gasteiger partial charge in [0.05, 0.1) is 5.52 Å². The maximum Gasteiger partial charge on any atom is 0.172 e. The fraction of sp³-hybridized carbons (Fsp3) is 0.118. The average molecular weight is 338 g/mol. The smallest absolute Gasteiger partial charge is 0.172 e. The molecule has 0 saturated carbocycles. The van der Waals surface area contributed by atoms with E-state index in [4.69, 9.17) is 10.5 Å². The molecule has 0 unspecified atom stereocenters.